The average molecular weight is 490 g/mol. The largest absolute Gasteiger partial charge is 0.497 e. The van der Waals surface area contributed by atoms with Crippen molar-refractivity contribution in [3.63, 3.8) is 0 Å². The summed E-state index contributed by atoms with van der Waals surface area (Å²) in [6, 6.07) is 13.3. The normalized spacial score (nSPS) is 13.0. The molecular formula is C25H35N3O5S. The van der Waals surface area contributed by atoms with Gasteiger partial charge in [-0.05, 0) is 62.6 Å². The maximum Gasteiger partial charge on any atom is 0.244 e. The molecule has 0 aliphatic rings. The number of hydrogen-bond donors (Lipinski definition) is 1. The van der Waals surface area contributed by atoms with Crippen LogP contribution in [0.1, 0.15) is 38.3 Å². The van der Waals surface area contributed by atoms with E-state index in [2.05, 4.69) is 5.32 Å². The molecular weight excluding hydrogens is 454 g/mol. The van der Waals surface area contributed by atoms with Crippen molar-refractivity contribution >= 4 is 27.5 Å². The predicted octanol–water partition coefficient (Wildman–Crippen LogP) is 3.10. The van der Waals surface area contributed by atoms with Crippen LogP contribution < -0.4 is 14.4 Å². The zero-order valence-electron chi connectivity index (χ0n) is 20.7. The van der Waals surface area contributed by atoms with Crippen molar-refractivity contribution < 1.29 is 22.7 Å². The molecule has 186 valence electrons. The maximum absolute atomic E-state index is 13.5. The maximum atomic E-state index is 13.5. The lowest BCUT2D eigenvalue weighted by Crippen LogP contribution is -2.52. The number of anilines is 1. The van der Waals surface area contributed by atoms with Crippen LogP contribution in [0.2, 0.25) is 0 Å². The number of nitrogens with one attached hydrogen (secondary N) is 1. The predicted molar refractivity (Wildman–Crippen MR) is 134 cm³/mol. The van der Waals surface area contributed by atoms with E-state index in [1.54, 1.807) is 44.4 Å². The molecule has 8 nitrogen and oxygen atoms in total. The minimum Gasteiger partial charge on any atom is -0.497 e. The van der Waals surface area contributed by atoms with Gasteiger partial charge in [-0.3, -0.25) is 13.9 Å². The van der Waals surface area contributed by atoms with E-state index in [1.807, 2.05) is 39.0 Å². The molecule has 0 saturated carbocycles. The number of ether oxygens (including phenoxy) is 1. The van der Waals surface area contributed by atoms with Gasteiger partial charge in [0.2, 0.25) is 21.8 Å². The van der Waals surface area contributed by atoms with Crippen LogP contribution in [0.4, 0.5) is 5.69 Å². The Morgan fingerprint density at radius 3 is 2.26 bits per heavy atom. The van der Waals surface area contributed by atoms with Gasteiger partial charge in [-0.2, -0.15) is 0 Å². The molecule has 0 spiro atoms. The molecule has 0 heterocycles. The Bertz CT molecular complexity index is 1090. The van der Waals surface area contributed by atoms with Gasteiger partial charge in [0.1, 0.15) is 18.3 Å². The van der Waals surface area contributed by atoms with Crippen LogP contribution in [0.15, 0.2) is 48.5 Å². The Labute approximate surface area is 202 Å². The van der Waals surface area contributed by atoms with Crippen molar-refractivity contribution in [3.8, 4) is 5.75 Å². The molecule has 34 heavy (non-hydrogen) atoms. The van der Waals surface area contributed by atoms with Crippen molar-refractivity contribution in [3.05, 3.63) is 59.7 Å². The smallest absolute Gasteiger partial charge is 0.244 e. The summed E-state index contributed by atoms with van der Waals surface area (Å²) in [5, 5.41) is 2.91. The molecule has 2 amide bonds. The molecule has 0 fully saturated rings. The van der Waals surface area contributed by atoms with Gasteiger partial charge in [-0.1, -0.05) is 31.2 Å². The molecule has 0 saturated heterocycles. The second-order valence-corrected chi connectivity index (χ2v) is 10.4. The van der Waals surface area contributed by atoms with Crippen molar-refractivity contribution in [1.82, 2.24) is 10.2 Å². The summed E-state index contributed by atoms with van der Waals surface area (Å²) >= 11 is 0. The first kappa shape index (κ1) is 27.2. The fraction of sp³-hybridized carbons (Fsp3) is 0.440. The number of benzene rings is 2. The molecule has 0 unspecified atom stereocenters. The van der Waals surface area contributed by atoms with Crippen molar-refractivity contribution in [2.75, 3.05) is 24.2 Å². The summed E-state index contributed by atoms with van der Waals surface area (Å²) < 4.78 is 31.4. The highest BCUT2D eigenvalue weighted by atomic mass is 32.2. The monoisotopic (exact) mass is 489 g/mol. The first-order valence-electron chi connectivity index (χ1n) is 11.2. The number of amides is 2. The zero-order valence-corrected chi connectivity index (χ0v) is 21.6. The minimum atomic E-state index is -3.75. The number of rotatable bonds is 11. The summed E-state index contributed by atoms with van der Waals surface area (Å²) in [4.78, 5) is 27.8. The Kier molecular flexibility index (Phi) is 9.49. The highest BCUT2D eigenvalue weighted by molar-refractivity contribution is 7.92. The Morgan fingerprint density at radius 1 is 1.09 bits per heavy atom. The molecule has 0 aliphatic carbocycles. The van der Waals surface area contributed by atoms with E-state index in [4.69, 9.17) is 4.74 Å². The van der Waals surface area contributed by atoms with E-state index in [1.165, 1.54) is 4.90 Å². The van der Waals surface area contributed by atoms with Crippen LogP contribution >= 0.6 is 0 Å². The minimum absolute atomic E-state index is 0.0484. The lowest BCUT2D eigenvalue weighted by Gasteiger charge is -2.32. The number of methoxy groups -OCH3 is 1. The Balaban J connectivity index is 2.37. The molecule has 0 aromatic heterocycles. The van der Waals surface area contributed by atoms with E-state index < -0.39 is 28.5 Å². The SMILES string of the molecule is CC[C@H](C)NC(=O)[C@H](C)N(Cc1ccc(OC)cc1)C(=O)CN(c1cccc(C)c1)S(C)(=O)=O. The fourth-order valence-corrected chi connectivity index (χ4v) is 4.21. The van der Waals surface area contributed by atoms with Gasteiger partial charge in [0.25, 0.3) is 0 Å². The van der Waals surface area contributed by atoms with E-state index in [9.17, 15) is 18.0 Å². The molecule has 0 radical (unpaired) electrons. The van der Waals surface area contributed by atoms with Gasteiger partial charge >= 0.3 is 0 Å². The van der Waals surface area contributed by atoms with E-state index in [-0.39, 0.29) is 18.5 Å². The molecule has 0 bridgehead atoms. The van der Waals surface area contributed by atoms with Crippen LogP contribution in [0.25, 0.3) is 0 Å². The Morgan fingerprint density at radius 2 is 1.74 bits per heavy atom. The summed E-state index contributed by atoms with van der Waals surface area (Å²) in [6.07, 6.45) is 1.82. The van der Waals surface area contributed by atoms with Gasteiger partial charge in [-0.25, -0.2) is 8.42 Å². The number of carbonyl (C=O) groups excluding carboxylic acids is 2. The lowest BCUT2D eigenvalue weighted by atomic mass is 10.1. The van der Waals surface area contributed by atoms with Crippen molar-refractivity contribution in [2.45, 2.75) is 52.7 Å². The third-order valence-electron chi connectivity index (χ3n) is 5.65. The van der Waals surface area contributed by atoms with E-state index in [0.717, 1.165) is 28.1 Å². The van der Waals surface area contributed by atoms with Crippen LogP contribution in [-0.4, -0.2) is 57.1 Å². The molecule has 2 aromatic rings. The summed E-state index contributed by atoms with van der Waals surface area (Å²) in [6.45, 7) is 7.08. The molecule has 2 rings (SSSR count). The number of hydrogen-bond acceptors (Lipinski definition) is 5. The molecule has 1 N–H and O–H groups in total. The average Bonchev–Trinajstić information content (AvgIpc) is 2.79. The van der Waals surface area contributed by atoms with Gasteiger partial charge in [0, 0.05) is 12.6 Å². The number of aryl methyl sites for hydroxylation is 1. The van der Waals surface area contributed by atoms with Crippen LogP contribution in [0.5, 0.6) is 5.75 Å². The fourth-order valence-electron chi connectivity index (χ4n) is 3.37. The molecule has 9 heteroatoms. The topological polar surface area (TPSA) is 96.0 Å². The van der Waals surface area contributed by atoms with Gasteiger partial charge < -0.3 is 15.0 Å². The molecule has 2 atom stereocenters. The second kappa shape index (κ2) is 11.9. The number of nitrogens with zero attached hydrogens (tertiary/aromatic N) is 2. The highest BCUT2D eigenvalue weighted by Gasteiger charge is 2.30. The van der Waals surface area contributed by atoms with Gasteiger partial charge in [0.05, 0.1) is 19.1 Å². The summed E-state index contributed by atoms with van der Waals surface area (Å²) in [5.74, 6) is -0.0980. The second-order valence-electron chi connectivity index (χ2n) is 8.47. The van der Waals surface area contributed by atoms with E-state index in [0.29, 0.717) is 11.4 Å². The van der Waals surface area contributed by atoms with Crippen LogP contribution in [0.3, 0.4) is 0 Å². The summed E-state index contributed by atoms with van der Waals surface area (Å²) in [5.41, 5.74) is 2.06. The van der Waals surface area contributed by atoms with Crippen LogP contribution in [0, 0.1) is 6.92 Å². The molecule has 0 aliphatic heterocycles. The number of sulfonamides is 1. The van der Waals surface area contributed by atoms with Gasteiger partial charge in [0.15, 0.2) is 0 Å². The summed E-state index contributed by atoms with van der Waals surface area (Å²) in [7, 11) is -2.18. The highest BCUT2D eigenvalue weighted by Crippen LogP contribution is 2.21. The first-order valence-corrected chi connectivity index (χ1v) is 13.1. The van der Waals surface area contributed by atoms with E-state index >= 15 is 0 Å². The standard InChI is InChI=1S/C25H35N3O5S/c1-7-19(3)26-25(30)20(4)27(16-21-11-13-23(33-5)14-12-21)24(29)17-28(34(6,31)32)22-10-8-9-18(2)15-22/h8-15,19-20H,7,16-17H2,1-6H3,(H,26,30)/t19-,20-/m0/s1. The van der Waals surface area contributed by atoms with Crippen LogP contribution in [-0.2, 0) is 26.2 Å². The van der Waals surface area contributed by atoms with Gasteiger partial charge in [-0.15, -0.1) is 0 Å². The zero-order chi connectivity index (χ0) is 25.5. The quantitative estimate of drug-likeness (QED) is 0.523. The Hall–Kier alpha value is -3.07. The van der Waals surface area contributed by atoms with Crippen molar-refractivity contribution in [1.29, 1.82) is 0 Å². The molecule has 2 aromatic carbocycles. The lowest BCUT2D eigenvalue weighted by molar-refractivity contribution is -0.139. The first-order chi connectivity index (χ1) is 16.0. The third kappa shape index (κ3) is 7.48. The van der Waals surface area contributed by atoms with Crippen molar-refractivity contribution in [2.24, 2.45) is 0 Å². The third-order valence-corrected chi connectivity index (χ3v) is 6.79. The number of carbonyl (C=O) groups is 2.